The van der Waals surface area contributed by atoms with Crippen LogP contribution >= 0.6 is 0 Å². The predicted molar refractivity (Wildman–Crippen MR) is 204 cm³/mol. The molecule has 0 amide bonds. The van der Waals surface area contributed by atoms with Gasteiger partial charge in [0, 0.05) is 40.1 Å². The van der Waals surface area contributed by atoms with Gasteiger partial charge in [-0.3, -0.25) is 4.99 Å². The molecule has 1 fully saturated rings. The van der Waals surface area contributed by atoms with Crippen molar-refractivity contribution in [1.29, 1.82) is 0 Å². The van der Waals surface area contributed by atoms with Crippen molar-refractivity contribution in [2.75, 3.05) is 0 Å². The monoisotopic (exact) mass is 650 g/mol. The van der Waals surface area contributed by atoms with Crippen LogP contribution in [0.4, 0.5) is 0 Å². The van der Waals surface area contributed by atoms with E-state index in [0.717, 1.165) is 58.7 Å². The Labute approximate surface area is 292 Å². The van der Waals surface area contributed by atoms with E-state index in [4.69, 9.17) is 14.4 Å². The molecule has 4 heteroatoms. The number of nitrogens with zero attached hydrogens (tertiary/aromatic N) is 3. The number of pyridine rings is 2. The topological polar surface area (TPSA) is 42.3 Å². The molecule has 1 aliphatic heterocycles. The number of hydrogen-bond donors (Lipinski definition) is 0. The summed E-state index contributed by atoms with van der Waals surface area (Å²) < 4.78 is 9.13. The number of rotatable bonds is 9. The molecule has 0 N–H and O–H groups in total. The van der Waals surface area contributed by atoms with Crippen molar-refractivity contribution in [2.24, 2.45) is 23.4 Å². The zero-order valence-electron chi connectivity index (χ0n) is 30.1. The summed E-state index contributed by atoms with van der Waals surface area (Å²) in [5.74, 6) is 1.48. The molecule has 4 heterocycles. The Kier molecular flexibility index (Phi) is 9.17. The zero-order valence-corrected chi connectivity index (χ0v) is 30.1. The smallest absolute Gasteiger partial charge is 0.227 e. The fourth-order valence-electron chi connectivity index (χ4n) is 8.53. The molecule has 0 bridgehead atoms. The Balaban J connectivity index is 1.35. The third kappa shape index (κ3) is 6.55. The maximum Gasteiger partial charge on any atom is 0.227 e. The van der Waals surface area contributed by atoms with Crippen molar-refractivity contribution >= 4 is 27.8 Å². The Hall–Kier alpha value is -4.31. The molecule has 3 aromatic heterocycles. The van der Waals surface area contributed by atoms with Crippen LogP contribution in [0.1, 0.15) is 106 Å². The minimum absolute atomic E-state index is 0.00232. The van der Waals surface area contributed by atoms with Gasteiger partial charge in [0.1, 0.15) is 7.05 Å². The van der Waals surface area contributed by atoms with Gasteiger partial charge in [0.15, 0.2) is 11.8 Å². The summed E-state index contributed by atoms with van der Waals surface area (Å²) in [7, 11) is 2.17. The number of aliphatic imine (C=N–C) groups is 1. The van der Waals surface area contributed by atoms with Crippen molar-refractivity contribution in [3.05, 3.63) is 120 Å². The van der Waals surface area contributed by atoms with Crippen LogP contribution in [0, 0.1) is 11.3 Å². The molecule has 0 saturated heterocycles. The van der Waals surface area contributed by atoms with E-state index in [-0.39, 0.29) is 17.4 Å². The first-order valence-electron chi connectivity index (χ1n) is 18.4. The maximum atomic E-state index is 6.85. The van der Waals surface area contributed by atoms with Crippen LogP contribution in [0.2, 0.25) is 0 Å². The lowest BCUT2D eigenvalue weighted by Crippen LogP contribution is -2.31. The highest BCUT2D eigenvalue weighted by Gasteiger charge is 2.31. The summed E-state index contributed by atoms with van der Waals surface area (Å²) in [6.07, 6.45) is 15.6. The third-order valence-corrected chi connectivity index (χ3v) is 11.2. The Bertz CT molecular complexity index is 2050. The van der Waals surface area contributed by atoms with Crippen molar-refractivity contribution in [1.82, 2.24) is 4.98 Å². The van der Waals surface area contributed by atoms with Gasteiger partial charge in [-0.15, -0.1) is 6.58 Å². The second kappa shape index (κ2) is 13.5. The standard InChI is InChI=1S/C45H52N3O/c1-8-39-35-18-14-13-17-34(35)36(40(9-2)47-39)22-19-31-20-23-37-38-24-21-33(28-45(4,5)6)46-44(38)49-43(37)42(31)41-27-32(25-26-48(41)7)29(3)30-15-11-10-12-16-30/h8-9,13-14,17-18,20-21,23-27,29-30,36,40H,1-2,10-12,15-16,19,22,28H2,3-7H3/q+1. The zero-order chi connectivity index (χ0) is 34.3. The van der Waals surface area contributed by atoms with Crippen LogP contribution in [-0.4, -0.2) is 16.7 Å². The fraction of sp³-hybridized carbons (Fsp3) is 0.400. The van der Waals surface area contributed by atoms with Crippen LogP contribution < -0.4 is 4.57 Å². The number of allylic oxidation sites excluding steroid dienone is 1. The second-order valence-corrected chi connectivity index (χ2v) is 15.8. The van der Waals surface area contributed by atoms with Gasteiger partial charge in [-0.05, 0) is 84.3 Å². The average Bonchev–Trinajstić information content (AvgIpc) is 3.47. The van der Waals surface area contributed by atoms with Crippen LogP contribution in [0.3, 0.4) is 0 Å². The second-order valence-electron chi connectivity index (χ2n) is 15.8. The number of hydrogen-bond acceptors (Lipinski definition) is 3. The van der Waals surface area contributed by atoms with E-state index in [1.54, 1.807) is 0 Å². The lowest BCUT2D eigenvalue weighted by molar-refractivity contribution is -0.660. The number of benzene rings is 2. The molecule has 49 heavy (non-hydrogen) atoms. The van der Waals surface area contributed by atoms with Gasteiger partial charge in [-0.25, -0.2) is 9.55 Å². The molecular weight excluding hydrogens is 599 g/mol. The summed E-state index contributed by atoms with van der Waals surface area (Å²) in [4.78, 5) is 10.2. The van der Waals surface area contributed by atoms with Gasteiger partial charge < -0.3 is 4.42 Å². The van der Waals surface area contributed by atoms with Crippen LogP contribution in [-0.2, 0) is 19.9 Å². The van der Waals surface area contributed by atoms with E-state index in [2.05, 4.69) is 119 Å². The molecule has 2 aromatic carbocycles. The first-order chi connectivity index (χ1) is 23.6. The SMILES string of the molecule is C=CC1=NC(C=C)C(CCc2ccc3c(oc4nc(CC(C)(C)C)ccc43)c2-c2cc(C(C)C3CCCCC3)cc[n+]2C)c2ccccc21. The van der Waals surface area contributed by atoms with Crippen molar-refractivity contribution in [3.63, 3.8) is 0 Å². The highest BCUT2D eigenvalue weighted by atomic mass is 16.3. The van der Waals surface area contributed by atoms with Gasteiger partial charge in [-0.2, -0.15) is 0 Å². The maximum absolute atomic E-state index is 6.85. The first kappa shape index (κ1) is 33.2. The summed E-state index contributed by atoms with van der Waals surface area (Å²) >= 11 is 0. The largest absolute Gasteiger partial charge is 0.437 e. The molecule has 3 unspecified atom stereocenters. The van der Waals surface area contributed by atoms with E-state index >= 15 is 0 Å². The molecule has 5 aromatic rings. The van der Waals surface area contributed by atoms with Gasteiger partial charge in [0.05, 0.1) is 17.3 Å². The number of aryl methyl sites for hydroxylation is 2. The molecular formula is C45H52N3O+. The first-order valence-corrected chi connectivity index (χ1v) is 18.4. The predicted octanol–water partition coefficient (Wildman–Crippen LogP) is 11.0. The molecule has 0 spiro atoms. The quantitative estimate of drug-likeness (QED) is 0.118. The molecule has 0 radical (unpaired) electrons. The van der Waals surface area contributed by atoms with Crippen molar-refractivity contribution < 1.29 is 8.98 Å². The Morgan fingerprint density at radius 2 is 1.76 bits per heavy atom. The minimum Gasteiger partial charge on any atom is -0.437 e. The van der Waals surface area contributed by atoms with Gasteiger partial charge >= 0.3 is 0 Å². The van der Waals surface area contributed by atoms with E-state index in [9.17, 15) is 0 Å². The average molecular weight is 651 g/mol. The molecule has 252 valence electrons. The van der Waals surface area contributed by atoms with E-state index in [0.29, 0.717) is 5.92 Å². The molecule has 1 saturated carbocycles. The molecule has 4 nitrogen and oxygen atoms in total. The number of fused-ring (bicyclic) bond motifs is 4. The molecule has 7 rings (SSSR count). The van der Waals surface area contributed by atoms with Crippen molar-refractivity contribution in [3.8, 4) is 11.3 Å². The normalized spacial score (nSPS) is 19.1. The summed E-state index contributed by atoms with van der Waals surface area (Å²) in [5, 5.41) is 2.20. The minimum atomic E-state index is 0.00232. The Morgan fingerprint density at radius 1 is 0.980 bits per heavy atom. The van der Waals surface area contributed by atoms with E-state index < -0.39 is 0 Å². The highest BCUT2D eigenvalue weighted by Crippen LogP contribution is 2.42. The van der Waals surface area contributed by atoms with Gasteiger partial charge in [0.25, 0.3) is 0 Å². The molecule has 3 atom stereocenters. The van der Waals surface area contributed by atoms with E-state index in [1.807, 2.05) is 12.2 Å². The molecule has 2 aliphatic rings. The lowest BCUT2D eigenvalue weighted by atomic mass is 9.77. The third-order valence-electron chi connectivity index (χ3n) is 11.2. The molecule has 1 aliphatic carbocycles. The number of aromatic nitrogens is 2. The van der Waals surface area contributed by atoms with Crippen LogP contribution in [0.25, 0.3) is 33.3 Å². The van der Waals surface area contributed by atoms with Crippen LogP contribution in [0.15, 0.2) is 102 Å². The number of furan rings is 1. The lowest BCUT2D eigenvalue weighted by Gasteiger charge is -2.30. The van der Waals surface area contributed by atoms with Gasteiger partial charge in [-0.1, -0.05) is 96.0 Å². The van der Waals surface area contributed by atoms with Crippen molar-refractivity contribution in [2.45, 2.75) is 96.9 Å². The van der Waals surface area contributed by atoms with Gasteiger partial charge in [0.2, 0.25) is 11.4 Å². The fourth-order valence-corrected chi connectivity index (χ4v) is 8.53. The van der Waals surface area contributed by atoms with Crippen LogP contribution in [0.5, 0.6) is 0 Å². The summed E-state index contributed by atoms with van der Waals surface area (Å²) in [6.45, 7) is 17.5. The summed E-state index contributed by atoms with van der Waals surface area (Å²) in [6, 6.07) is 22.4. The summed E-state index contributed by atoms with van der Waals surface area (Å²) in [5.41, 5.74) is 11.4. The Morgan fingerprint density at radius 3 is 2.51 bits per heavy atom. The highest BCUT2D eigenvalue weighted by molar-refractivity contribution is 6.10. The van der Waals surface area contributed by atoms with E-state index in [1.165, 1.54) is 65.6 Å².